The van der Waals surface area contributed by atoms with E-state index in [1.807, 2.05) is 64.2 Å². The van der Waals surface area contributed by atoms with E-state index < -0.39 is 17.7 Å². The smallest absolute Gasteiger partial charge is 0.337 e. The zero-order chi connectivity index (χ0) is 27.9. The molecule has 1 aliphatic heterocycles. The van der Waals surface area contributed by atoms with Crippen LogP contribution in [0, 0.1) is 12.3 Å². The lowest BCUT2D eigenvalue weighted by Crippen LogP contribution is -2.40. The van der Waals surface area contributed by atoms with Crippen LogP contribution in [0.25, 0.3) is 11.5 Å². The summed E-state index contributed by atoms with van der Waals surface area (Å²) in [5.41, 5.74) is 3.50. The van der Waals surface area contributed by atoms with E-state index in [1.54, 1.807) is 9.20 Å². The Morgan fingerprint density at radius 2 is 1.79 bits per heavy atom. The van der Waals surface area contributed by atoms with Gasteiger partial charge in [0, 0.05) is 37.5 Å². The van der Waals surface area contributed by atoms with Crippen LogP contribution in [-0.4, -0.2) is 54.1 Å². The average molecular weight is 531 g/mol. The quantitative estimate of drug-likeness (QED) is 0.342. The van der Waals surface area contributed by atoms with Crippen molar-refractivity contribution in [2.75, 3.05) is 18.0 Å². The van der Waals surface area contributed by atoms with Gasteiger partial charge in [-0.05, 0) is 57.6 Å². The van der Waals surface area contributed by atoms with Crippen LogP contribution in [0.2, 0.25) is 0 Å². The van der Waals surface area contributed by atoms with E-state index >= 15 is 0 Å². The second kappa shape index (κ2) is 10.1. The summed E-state index contributed by atoms with van der Waals surface area (Å²) in [5.74, 6) is 0.311. The van der Waals surface area contributed by atoms with Crippen molar-refractivity contribution in [1.82, 2.24) is 24.4 Å². The fourth-order valence-electron chi connectivity index (χ4n) is 5.12. The van der Waals surface area contributed by atoms with Gasteiger partial charge < -0.3 is 14.7 Å². The Morgan fingerprint density at radius 1 is 1.10 bits per heavy atom. The minimum Gasteiger partial charge on any atom is -0.479 e. The number of aromatic nitrogens is 5. The number of piperidine rings is 1. The Morgan fingerprint density at radius 3 is 2.44 bits per heavy atom. The van der Waals surface area contributed by atoms with Crippen LogP contribution in [0.1, 0.15) is 76.1 Å². The van der Waals surface area contributed by atoms with Crippen LogP contribution in [0.5, 0.6) is 0 Å². The van der Waals surface area contributed by atoms with E-state index in [9.17, 15) is 9.90 Å². The van der Waals surface area contributed by atoms with E-state index in [-0.39, 0.29) is 5.41 Å². The Hall–Kier alpha value is -3.72. The first-order valence-electron chi connectivity index (χ1n) is 13.5. The second-order valence-corrected chi connectivity index (χ2v) is 12.2. The molecule has 0 amide bonds. The first-order valence-corrected chi connectivity index (χ1v) is 13.5. The molecule has 5 rings (SSSR count). The standard InChI is InChI=1S/C30H38N6O3/c1-20-25(26(28(37)38)39-29(2,3)4)27(34-16-13-30(5,6)14-17-34)36-23(31-20)19-24(33-36)35-15-12-22(32-35)18-21-10-8-7-9-11-21/h7-12,15,19,26H,13-14,16-18H2,1-6H3,(H,37,38)/t26-/m0/s1. The maximum absolute atomic E-state index is 12.6. The van der Waals surface area contributed by atoms with E-state index in [4.69, 9.17) is 19.9 Å². The van der Waals surface area contributed by atoms with E-state index in [1.165, 1.54) is 5.56 Å². The maximum Gasteiger partial charge on any atom is 0.337 e. The van der Waals surface area contributed by atoms with Gasteiger partial charge >= 0.3 is 5.97 Å². The number of hydrogen-bond acceptors (Lipinski definition) is 6. The molecule has 0 radical (unpaired) electrons. The summed E-state index contributed by atoms with van der Waals surface area (Å²) in [7, 11) is 0. The summed E-state index contributed by atoms with van der Waals surface area (Å²) in [6.45, 7) is 13.6. The number of fused-ring (bicyclic) bond motifs is 1. The highest BCUT2D eigenvalue weighted by molar-refractivity contribution is 5.78. The fourth-order valence-corrected chi connectivity index (χ4v) is 5.12. The second-order valence-electron chi connectivity index (χ2n) is 12.2. The number of benzene rings is 1. The summed E-state index contributed by atoms with van der Waals surface area (Å²) in [4.78, 5) is 19.6. The topological polar surface area (TPSA) is 97.8 Å². The molecule has 9 heteroatoms. The normalized spacial score (nSPS) is 16.5. The Labute approximate surface area is 229 Å². The molecule has 206 valence electrons. The van der Waals surface area contributed by atoms with E-state index in [0.29, 0.717) is 22.7 Å². The number of aliphatic carboxylic acids is 1. The Bertz CT molecular complexity index is 1470. The zero-order valence-electron chi connectivity index (χ0n) is 23.7. The van der Waals surface area contributed by atoms with Gasteiger partial charge in [-0.3, -0.25) is 0 Å². The number of ether oxygens (including phenoxy) is 1. The highest BCUT2D eigenvalue weighted by Crippen LogP contribution is 2.38. The monoisotopic (exact) mass is 530 g/mol. The van der Waals surface area contributed by atoms with Gasteiger partial charge in [0.15, 0.2) is 17.6 Å². The third kappa shape index (κ3) is 5.83. The molecule has 3 aromatic heterocycles. The predicted molar refractivity (Wildman–Crippen MR) is 151 cm³/mol. The molecule has 9 nitrogen and oxygen atoms in total. The Balaban J connectivity index is 1.61. The van der Waals surface area contributed by atoms with Crippen molar-refractivity contribution in [2.45, 2.75) is 72.5 Å². The SMILES string of the molecule is Cc1nc2cc(-n3ccc(Cc4ccccc4)n3)nn2c(N2CCC(C)(C)CC2)c1[C@H](OC(C)(C)C)C(=O)O. The molecule has 1 N–H and O–H groups in total. The highest BCUT2D eigenvalue weighted by atomic mass is 16.5. The summed E-state index contributed by atoms with van der Waals surface area (Å²) in [6, 6.07) is 14.1. The van der Waals surface area contributed by atoms with Gasteiger partial charge in [0.2, 0.25) is 0 Å². The van der Waals surface area contributed by atoms with E-state index in [0.717, 1.165) is 43.9 Å². The first kappa shape index (κ1) is 26.9. The van der Waals surface area contributed by atoms with Gasteiger partial charge in [-0.15, -0.1) is 5.10 Å². The van der Waals surface area contributed by atoms with Crippen molar-refractivity contribution in [3.63, 3.8) is 0 Å². The van der Waals surface area contributed by atoms with Crippen LogP contribution in [0.15, 0.2) is 48.7 Å². The summed E-state index contributed by atoms with van der Waals surface area (Å²) in [5, 5.41) is 20.0. The summed E-state index contributed by atoms with van der Waals surface area (Å²) in [6.07, 6.45) is 3.43. The van der Waals surface area contributed by atoms with Gasteiger partial charge in [0.25, 0.3) is 0 Å². The molecule has 1 aromatic carbocycles. The molecule has 0 aliphatic carbocycles. The molecule has 0 saturated carbocycles. The predicted octanol–water partition coefficient (Wildman–Crippen LogP) is 5.38. The van der Waals surface area contributed by atoms with Crippen molar-refractivity contribution >= 4 is 17.4 Å². The molecule has 1 fully saturated rings. The fraction of sp³-hybridized carbons (Fsp3) is 0.467. The van der Waals surface area contributed by atoms with Crippen molar-refractivity contribution in [3.05, 3.63) is 71.2 Å². The number of carbonyl (C=O) groups is 1. The lowest BCUT2D eigenvalue weighted by atomic mass is 9.82. The molecule has 1 saturated heterocycles. The van der Waals surface area contributed by atoms with Crippen molar-refractivity contribution in [2.24, 2.45) is 5.41 Å². The highest BCUT2D eigenvalue weighted by Gasteiger charge is 2.36. The number of anilines is 1. The molecule has 39 heavy (non-hydrogen) atoms. The van der Waals surface area contributed by atoms with E-state index in [2.05, 4.69) is 30.9 Å². The van der Waals surface area contributed by atoms with Crippen molar-refractivity contribution in [3.8, 4) is 5.82 Å². The largest absolute Gasteiger partial charge is 0.479 e. The lowest BCUT2D eigenvalue weighted by Gasteiger charge is -2.39. The van der Waals surface area contributed by atoms with Crippen LogP contribution in [0.3, 0.4) is 0 Å². The summed E-state index contributed by atoms with van der Waals surface area (Å²) >= 11 is 0. The van der Waals surface area contributed by atoms with Crippen molar-refractivity contribution in [1.29, 1.82) is 0 Å². The van der Waals surface area contributed by atoms with Gasteiger partial charge in [-0.25, -0.2) is 14.5 Å². The van der Waals surface area contributed by atoms with Crippen LogP contribution < -0.4 is 4.90 Å². The average Bonchev–Trinajstić information content (AvgIpc) is 3.49. The van der Waals surface area contributed by atoms with Gasteiger partial charge in [0.05, 0.1) is 16.9 Å². The zero-order valence-corrected chi connectivity index (χ0v) is 23.7. The lowest BCUT2D eigenvalue weighted by molar-refractivity contribution is -0.160. The molecule has 0 unspecified atom stereocenters. The number of aryl methyl sites for hydroxylation is 1. The third-order valence-electron chi connectivity index (χ3n) is 7.27. The van der Waals surface area contributed by atoms with Crippen LogP contribution in [0.4, 0.5) is 5.82 Å². The molecule has 0 spiro atoms. The van der Waals surface area contributed by atoms with Gasteiger partial charge in [-0.2, -0.15) is 9.61 Å². The van der Waals surface area contributed by atoms with Crippen molar-refractivity contribution < 1.29 is 14.6 Å². The number of nitrogens with zero attached hydrogens (tertiary/aromatic N) is 6. The van der Waals surface area contributed by atoms with Gasteiger partial charge in [-0.1, -0.05) is 44.2 Å². The Kier molecular flexibility index (Phi) is 6.97. The molecule has 4 aromatic rings. The minimum atomic E-state index is -1.18. The summed E-state index contributed by atoms with van der Waals surface area (Å²) < 4.78 is 9.64. The third-order valence-corrected chi connectivity index (χ3v) is 7.27. The molecule has 4 heterocycles. The molecule has 1 aliphatic rings. The molecular formula is C30H38N6O3. The molecule has 0 bridgehead atoms. The van der Waals surface area contributed by atoms with Gasteiger partial charge in [0.1, 0.15) is 5.82 Å². The number of rotatable bonds is 7. The number of carboxylic acids is 1. The first-order chi connectivity index (χ1) is 18.4. The number of carboxylic acid groups (broad SMARTS) is 1. The minimum absolute atomic E-state index is 0.228. The van der Waals surface area contributed by atoms with Crippen LogP contribution >= 0.6 is 0 Å². The molecule has 1 atom stereocenters. The number of hydrogen-bond donors (Lipinski definition) is 1. The molecular weight excluding hydrogens is 492 g/mol. The maximum atomic E-state index is 12.6. The van der Waals surface area contributed by atoms with Crippen LogP contribution in [-0.2, 0) is 16.0 Å².